The number of imidazole rings is 1. The van der Waals surface area contributed by atoms with Crippen LogP contribution >= 0.6 is 0 Å². The van der Waals surface area contributed by atoms with Gasteiger partial charge < -0.3 is 14.7 Å². The number of aliphatic hydroxyl groups is 1. The molecule has 4 rings (SSSR count). The lowest BCUT2D eigenvalue weighted by atomic mass is 9.95. The number of aromatic amines is 1. The molecule has 1 aliphatic carbocycles. The monoisotopic (exact) mass is 284 g/mol. The summed E-state index contributed by atoms with van der Waals surface area (Å²) in [5.74, 6) is 0.771. The zero-order chi connectivity index (χ0) is 14.4. The molecule has 1 aliphatic rings. The van der Waals surface area contributed by atoms with Crippen molar-refractivity contribution in [1.82, 2.24) is 19.5 Å². The van der Waals surface area contributed by atoms with Gasteiger partial charge >= 0.3 is 0 Å². The lowest BCUT2D eigenvalue weighted by molar-refractivity contribution is 0.178. The van der Waals surface area contributed by atoms with E-state index in [1.165, 1.54) is 32.1 Å². The third kappa shape index (κ3) is 1.95. The number of nitrogens with one attached hydrogen (secondary N) is 1. The largest absolute Gasteiger partial charge is 0.385 e. The van der Waals surface area contributed by atoms with Crippen LogP contribution in [-0.4, -0.2) is 24.6 Å². The second kappa shape index (κ2) is 4.84. The summed E-state index contributed by atoms with van der Waals surface area (Å²) in [5.41, 5.74) is 2.88. The van der Waals surface area contributed by atoms with Gasteiger partial charge in [-0.05, 0) is 25.8 Å². The Morgan fingerprint density at radius 1 is 1.33 bits per heavy atom. The molecular weight excluding hydrogens is 264 g/mol. The molecule has 0 bridgehead atoms. The van der Waals surface area contributed by atoms with E-state index in [2.05, 4.69) is 25.6 Å². The summed E-state index contributed by atoms with van der Waals surface area (Å²) in [7, 11) is 0. The molecule has 3 aromatic heterocycles. The predicted octanol–water partition coefficient (Wildman–Crippen LogP) is 3.47. The third-order valence-electron chi connectivity index (χ3n) is 4.58. The standard InChI is InChI=1S/C16H20N4O/c1-10(21)16-19-13-9-18-15-12(7-8-17-15)14(13)20(16)11-5-3-2-4-6-11/h7-11,21H,2-6H2,1H3,(H,17,18)/t10-/m0/s1. The van der Waals surface area contributed by atoms with Gasteiger partial charge in [-0.2, -0.15) is 0 Å². The molecule has 1 fully saturated rings. The highest BCUT2D eigenvalue weighted by atomic mass is 16.3. The van der Waals surface area contributed by atoms with Gasteiger partial charge in [0.15, 0.2) is 0 Å². The number of aromatic nitrogens is 4. The van der Waals surface area contributed by atoms with Gasteiger partial charge in [-0.15, -0.1) is 0 Å². The van der Waals surface area contributed by atoms with Crippen LogP contribution in [0, 0.1) is 0 Å². The average Bonchev–Trinajstić information content (AvgIpc) is 3.11. The Labute approximate surface area is 123 Å². The number of H-pyrrole nitrogens is 1. The van der Waals surface area contributed by atoms with Gasteiger partial charge in [-0.3, -0.25) is 0 Å². The molecule has 3 heterocycles. The molecule has 5 nitrogen and oxygen atoms in total. The lowest BCUT2D eigenvalue weighted by Gasteiger charge is -2.26. The fourth-order valence-electron chi connectivity index (χ4n) is 3.61. The van der Waals surface area contributed by atoms with E-state index >= 15 is 0 Å². The highest BCUT2D eigenvalue weighted by Crippen LogP contribution is 2.36. The minimum absolute atomic E-state index is 0.439. The minimum atomic E-state index is -0.562. The maximum Gasteiger partial charge on any atom is 0.139 e. The van der Waals surface area contributed by atoms with Gasteiger partial charge in [0.25, 0.3) is 0 Å². The molecule has 0 aliphatic heterocycles. The van der Waals surface area contributed by atoms with Crippen LogP contribution in [0.15, 0.2) is 18.5 Å². The number of hydrogen-bond acceptors (Lipinski definition) is 3. The fraction of sp³-hybridized carbons (Fsp3) is 0.500. The molecule has 5 heteroatoms. The fourth-order valence-corrected chi connectivity index (χ4v) is 3.61. The Bertz CT molecular complexity index is 780. The molecule has 0 radical (unpaired) electrons. The van der Waals surface area contributed by atoms with Crippen molar-refractivity contribution in [3.63, 3.8) is 0 Å². The van der Waals surface area contributed by atoms with Gasteiger partial charge in [-0.25, -0.2) is 9.97 Å². The number of fused-ring (bicyclic) bond motifs is 3. The Kier molecular flexibility index (Phi) is 2.96. The van der Waals surface area contributed by atoms with Gasteiger partial charge in [0, 0.05) is 17.6 Å². The van der Waals surface area contributed by atoms with Crippen molar-refractivity contribution < 1.29 is 5.11 Å². The SMILES string of the molecule is C[C@H](O)c1nc2cnc3[nH]ccc3c2n1C1CCCCC1. The number of hydrogen-bond donors (Lipinski definition) is 2. The van der Waals surface area contributed by atoms with E-state index in [9.17, 15) is 5.11 Å². The molecule has 0 unspecified atom stereocenters. The van der Waals surface area contributed by atoms with E-state index in [1.807, 2.05) is 6.20 Å². The first-order chi connectivity index (χ1) is 10.3. The highest BCUT2D eigenvalue weighted by Gasteiger charge is 2.24. The Morgan fingerprint density at radius 3 is 2.90 bits per heavy atom. The third-order valence-corrected chi connectivity index (χ3v) is 4.58. The summed E-state index contributed by atoms with van der Waals surface area (Å²) in [6, 6.07) is 2.49. The van der Waals surface area contributed by atoms with Crippen LogP contribution in [0.4, 0.5) is 0 Å². The van der Waals surface area contributed by atoms with Crippen LogP contribution in [0.25, 0.3) is 22.1 Å². The van der Waals surface area contributed by atoms with Gasteiger partial charge in [0.1, 0.15) is 23.1 Å². The first-order valence-electron chi connectivity index (χ1n) is 7.77. The van der Waals surface area contributed by atoms with Crippen molar-refractivity contribution >= 4 is 22.1 Å². The number of nitrogens with zero attached hydrogens (tertiary/aromatic N) is 3. The molecule has 1 atom stereocenters. The van der Waals surface area contributed by atoms with Crippen molar-refractivity contribution in [1.29, 1.82) is 0 Å². The first kappa shape index (κ1) is 12.8. The van der Waals surface area contributed by atoms with Crippen LogP contribution in [-0.2, 0) is 0 Å². The molecule has 0 amide bonds. The predicted molar refractivity (Wildman–Crippen MR) is 82.1 cm³/mol. The maximum absolute atomic E-state index is 10.1. The van der Waals surface area contributed by atoms with E-state index in [0.29, 0.717) is 6.04 Å². The van der Waals surface area contributed by atoms with Crippen LogP contribution in [0.3, 0.4) is 0 Å². The molecule has 110 valence electrons. The number of pyridine rings is 1. The summed E-state index contributed by atoms with van der Waals surface area (Å²) < 4.78 is 2.27. The topological polar surface area (TPSA) is 66.7 Å². The summed E-state index contributed by atoms with van der Waals surface area (Å²) in [5, 5.41) is 11.2. The summed E-state index contributed by atoms with van der Waals surface area (Å²) in [6.07, 6.45) is 9.31. The molecule has 2 N–H and O–H groups in total. The summed E-state index contributed by atoms with van der Waals surface area (Å²) in [4.78, 5) is 12.2. The minimum Gasteiger partial charge on any atom is -0.385 e. The van der Waals surface area contributed by atoms with Crippen molar-refractivity contribution in [3.8, 4) is 0 Å². The van der Waals surface area contributed by atoms with E-state index in [4.69, 9.17) is 0 Å². The molecule has 3 aromatic rings. The van der Waals surface area contributed by atoms with Gasteiger partial charge in [0.05, 0.1) is 11.7 Å². The Hall–Kier alpha value is -1.88. The second-order valence-corrected chi connectivity index (χ2v) is 6.04. The van der Waals surface area contributed by atoms with E-state index < -0.39 is 6.10 Å². The van der Waals surface area contributed by atoms with Gasteiger partial charge in [-0.1, -0.05) is 19.3 Å². The van der Waals surface area contributed by atoms with Crippen molar-refractivity contribution in [3.05, 3.63) is 24.3 Å². The van der Waals surface area contributed by atoms with Crippen molar-refractivity contribution in [2.24, 2.45) is 0 Å². The van der Waals surface area contributed by atoms with Crippen LogP contribution in [0.5, 0.6) is 0 Å². The Balaban J connectivity index is 2.03. The lowest BCUT2D eigenvalue weighted by Crippen LogP contribution is -2.16. The van der Waals surface area contributed by atoms with Crippen LogP contribution < -0.4 is 0 Å². The average molecular weight is 284 g/mol. The smallest absolute Gasteiger partial charge is 0.139 e. The van der Waals surface area contributed by atoms with E-state index in [-0.39, 0.29) is 0 Å². The first-order valence-corrected chi connectivity index (χ1v) is 7.77. The van der Waals surface area contributed by atoms with Crippen molar-refractivity contribution in [2.45, 2.75) is 51.2 Å². The van der Waals surface area contributed by atoms with Crippen LogP contribution in [0.2, 0.25) is 0 Å². The van der Waals surface area contributed by atoms with E-state index in [1.54, 1.807) is 13.1 Å². The number of rotatable bonds is 2. The van der Waals surface area contributed by atoms with Gasteiger partial charge in [0.2, 0.25) is 0 Å². The Morgan fingerprint density at radius 2 is 2.14 bits per heavy atom. The highest BCUT2D eigenvalue weighted by molar-refractivity contribution is 6.01. The zero-order valence-electron chi connectivity index (χ0n) is 12.2. The quantitative estimate of drug-likeness (QED) is 0.757. The molecule has 0 saturated heterocycles. The molecule has 21 heavy (non-hydrogen) atoms. The van der Waals surface area contributed by atoms with E-state index in [0.717, 1.165) is 27.9 Å². The molecule has 0 spiro atoms. The number of aliphatic hydroxyl groups excluding tert-OH is 1. The summed E-state index contributed by atoms with van der Waals surface area (Å²) in [6.45, 7) is 1.79. The van der Waals surface area contributed by atoms with Crippen molar-refractivity contribution in [2.75, 3.05) is 0 Å². The molecule has 1 saturated carbocycles. The second-order valence-electron chi connectivity index (χ2n) is 6.04. The maximum atomic E-state index is 10.1. The zero-order valence-corrected chi connectivity index (χ0v) is 12.2. The normalized spacial score (nSPS) is 18.6. The van der Waals surface area contributed by atoms with Crippen LogP contribution in [0.1, 0.15) is 57.0 Å². The molecular formula is C16H20N4O. The molecule has 0 aromatic carbocycles. The summed E-state index contributed by atoms with van der Waals surface area (Å²) >= 11 is 0.